The summed E-state index contributed by atoms with van der Waals surface area (Å²) in [4.78, 5) is 19.8. The minimum atomic E-state index is 0.0578. The minimum absolute atomic E-state index is 0.0578. The first-order valence-corrected chi connectivity index (χ1v) is 6.13. The average molecular weight is 248 g/mol. The van der Waals surface area contributed by atoms with E-state index in [0.29, 0.717) is 0 Å². The molecule has 0 spiro atoms. The lowest BCUT2D eigenvalue weighted by atomic mass is 10.2. The van der Waals surface area contributed by atoms with Crippen LogP contribution in [0.25, 0.3) is 0 Å². The van der Waals surface area contributed by atoms with Crippen molar-refractivity contribution >= 4 is 6.03 Å². The quantitative estimate of drug-likeness (QED) is 0.773. The number of rotatable bonds is 2. The summed E-state index contributed by atoms with van der Waals surface area (Å²) in [5.41, 5.74) is 0.943. The number of aromatic nitrogens is 1. The van der Waals surface area contributed by atoms with Gasteiger partial charge in [0.15, 0.2) is 0 Å². The molecule has 96 valence electrons. The maximum atomic E-state index is 11.5. The van der Waals surface area contributed by atoms with Crippen LogP contribution in [0.15, 0.2) is 18.3 Å². The molecule has 0 radical (unpaired) electrons. The molecule has 18 heavy (non-hydrogen) atoms. The van der Waals surface area contributed by atoms with Crippen LogP contribution >= 0.6 is 0 Å². The van der Waals surface area contributed by atoms with E-state index in [1.165, 1.54) is 6.20 Å². The Morgan fingerprint density at radius 2 is 2.33 bits per heavy atom. The largest absolute Gasteiger partial charge is 0.506 e. The molecule has 0 saturated carbocycles. The molecule has 2 fully saturated rings. The molecule has 6 nitrogen and oxygen atoms in total. The second-order valence-electron chi connectivity index (χ2n) is 4.78. The molecule has 3 rings (SSSR count). The second-order valence-corrected chi connectivity index (χ2v) is 4.78. The maximum absolute atomic E-state index is 11.5. The van der Waals surface area contributed by atoms with Crippen molar-refractivity contribution in [2.24, 2.45) is 0 Å². The van der Waals surface area contributed by atoms with E-state index in [9.17, 15) is 9.90 Å². The Labute approximate surface area is 105 Å². The maximum Gasteiger partial charge on any atom is 0.317 e. The van der Waals surface area contributed by atoms with Crippen molar-refractivity contribution in [2.45, 2.75) is 12.6 Å². The number of nitrogens with zero attached hydrogens (tertiary/aromatic N) is 3. The number of fused-ring (bicyclic) bond motifs is 1. The molecule has 3 heterocycles. The normalized spacial score (nSPS) is 23.9. The smallest absolute Gasteiger partial charge is 0.317 e. The van der Waals surface area contributed by atoms with Crippen molar-refractivity contribution in [3.8, 4) is 5.75 Å². The number of nitrogens with one attached hydrogen (secondary N) is 1. The summed E-state index contributed by atoms with van der Waals surface area (Å²) in [7, 11) is 0. The lowest BCUT2D eigenvalue weighted by molar-refractivity contribution is 0.115. The van der Waals surface area contributed by atoms with Crippen LogP contribution in [-0.2, 0) is 6.54 Å². The third kappa shape index (κ3) is 2.11. The van der Waals surface area contributed by atoms with E-state index in [-0.39, 0.29) is 17.8 Å². The van der Waals surface area contributed by atoms with Gasteiger partial charge in [0.1, 0.15) is 5.75 Å². The van der Waals surface area contributed by atoms with Crippen LogP contribution in [-0.4, -0.2) is 58.1 Å². The predicted molar refractivity (Wildman–Crippen MR) is 65.1 cm³/mol. The van der Waals surface area contributed by atoms with Gasteiger partial charge in [0.05, 0.1) is 17.9 Å². The number of urea groups is 1. The highest BCUT2D eigenvalue weighted by atomic mass is 16.3. The number of pyridine rings is 1. The highest BCUT2D eigenvalue weighted by Gasteiger charge is 2.35. The molecule has 0 aromatic carbocycles. The molecule has 0 bridgehead atoms. The van der Waals surface area contributed by atoms with Gasteiger partial charge in [-0.1, -0.05) is 0 Å². The third-order valence-electron chi connectivity index (χ3n) is 3.51. The number of carbonyl (C=O) groups is 1. The van der Waals surface area contributed by atoms with E-state index in [4.69, 9.17) is 0 Å². The van der Waals surface area contributed by atoms with Crippen molar-refractivity contribution in [3.05, 3.63) is 24.0 Å². The standard InChI is InChI=1S/C12H16N4O2/c17-11-2-1-9(13-6-11)7-15-3-4-16-10(8-15)5-14-12(16)18/h1-2,6,10,17H,3-5,7-8H2,(H,14,18). The average Bonchev–Trinajstić information content (AvgIpc) is 2.74. The van der Waals surface area contributed by atoms with Crippen molar-refractivity contribution in [3.63, 3.8) is 0 Å². The summed E-state index contributed by atoms with van der Waals surface area (Å²) in [6, 6.07) is 3.82. The van der Waals surface area contributed by atoms with Crippen molar-refractivity contribution in [1.82, 2.24) is 20.1 Å². The highest BCUT2D eigenvalue weighted by Crippen LogP contribution is 2.16. The Morgan fingerprint density at radius 1 is 1.44 bits per heavy atom. The monoisotopic (exact) mass is 248 g/mol. The van der Waals surface area contributed by atoms with Crippen molar-refractivity contribution in [2.75, 3.05) is 26.2 Å². The van der Waals surface area contributed by atoms with Gasteiger partial charge >= 0.3 is 6.03 Å². The summed E-state index contributed by atoms with van der Waals surface area (Å²) in [6.45, 7) is 4.01. The van der Waals surface area contributed by atoms with Gasteiger partial charge < -0.3 is 15.3 Å². The predicted octanol–water partition coefficient (Wildman–Crippen LogP) is -0.00340. The molecule has 2 aliphatic rings. The summed E-state index contributed by atoms with van der Waals surface area (Å²) in [5.74, 6) is 0.189. The minimum Gasteiger partial charge on any atom is -0.506 e. The van der Waals surface area contributed by atoms with Gasteiger partial charge in [-0.3, -0.25) is 9.88 Å². The molecule has 1 aromatic heterocycles. The summed E-state index contributed by atoms with van der Waals surface area (Å²) >= 11 is 0. The molecule has 6 heteroatoms. The fourth-order valence-electron chi connectivity index (χ4n) is 2.55. The highest BCUT2D eigenvalue weighted by molar-refractivity contribution is 5.77. The van der Waals surface area contributed by atoms with Gasteiger partial charge in [-0.05, 0) is 12.1 Å². The van der Waals surface area contributed by atoms with Crippen molar-refractivity contribution in [1.29, 1.82) is 0 Å². The number of piperazine rings is 1. The van der Waals surface area contributed by atoms with Crippen LogP contribution in [0.3, 0.4) is 0 Å². The first kappa shape index (κ1) is 11.3. The van der Waals surface area contributed by atoms with Gasteiger partial charge in [0.2, 0.25) is 0 Å². The molecule has 1 aromatic rings. The molecule has 0 aliphatic carbocycles. The van der Waals surface area contributed by atoms with Crippen LogP contribution in [0.2, 0.25) is 0 Å². The molecule has 2 N–H and O–H groups in total. The van der Waals surface area contributed by atoms with Crippen LogP contribution in [0, 0.1) is 0 Å². The van der Waals surface area contributed by atoms with Crippen LogP contribution in [0.1, 0.15) is 5.69 Å². The van der Waals surface area contributed by atoms with E-state index in [1.807, 2.05) is 11.0 Å². The first-order valence-electron chi connectivity index (χ1n) is 6.13. The van der Waals surface area contributed by atoms with Crippen LogP contribution in [0.5, 0.6) is 5.75 Å². The van der Waals surface area contributed by atoms with Gasteiger partial charge in [-0.2, -0.15) is 0 Å². The number of hydrogen-bond acceptors (Lipinski definition) is 4. The van der Waals surface area contributed by atoms with E-state index in [1.54, 1.807) is 6.07 Å². The molecular formula is C12H16N4O2. The summed E-state index contributed by atoms with van der Waals surface area (Å²) in [5, 5.41) is 12.1. The zero-order valence-electron chi connectivity index (χ0n) is 10.0. The number of aromatic hydroxyl groups is 1. The second kappa shape index (κ2) is 4.45. The number of carbonyl (C=O) groups excluding carboxylic acids is 1. The fourth-order valence-corrected chi connectivity index (χ4v) is 2.55. The van der Waals surface area contributed by atoms with E-state index < -0.39 is 0 Å². The molecule has 2 aliphatic heterocycles. The lowest BCUT2D eigenvalue weighted by Gasteiger charge is -2.36. The van der Waals surface area contributed by atoms with Gasteiger partial charge in [0, 0.05) is 32.7 Å². The van der Waals surface area contributed by atoms with Crippen LogP contribution in [0.4, 0.5) is 4.79 Å². The van der Waals surface area contributed by atoms with Gasteiger partial charge in [-0.25, -0.2) is 4.79 Å². The summed E-state index contributed by atoms with van der Waals surface area (Å²) in [6.07, 6.45) is 1.46. The van der Waals surface area contributed by atoms with E-state index in [2.05, 4.69) is 15.2 Å². The van der Waals surface area contributed by atoms with E-state index >= 15 is 0 Å². The Bertz CT molecular complexity index is 448. The Hall–Kier alpha value is -1.82. The zero-order valence-corrected chi connectivity index (χ0v) is 10.0. The van der Waals surface area contributed by atoms with Crippen molar-refractivity contribution < 1.29 is 9.90 Å². The molecule has 1 atom stereocenters. The third-order valence-corrected chi connectivity index (χ3v) is 3.51. The molecule has 2 saturated heterocycles. The number of hydrogen-bond donors (Lipinski definition) is 2. The van der Waals surface area contributed by atoms with Gasteiger partial charge in [0.25, 0.3) is 0 Å². The SMILES string of the molecule is O=C1NCC2CN(Cc3ccc(O)cn3)CCN12. The van der Waals surface area contributed by atoms with Crippen LogP contribution < -0.4 is 5.32 Å². The Kier molecular flexibility index (Phi) is 2.79. The molecule has 2 amide bonds. The topological polar surface area (TPSA) is 68.7 Å². The fraction of sp³-hybridized carbons (Fsp3) is 0.500. The zero-order chi connectivity index (χ0) is 12.5. The Morgan fingerprint density at radius 3 is 3.11 bits per heavy atom. The molecule has 1 unspecified atom stereocenters. The Balaban J connectivity index is 1.62. The molecular weight excluding hydrogens is 232 g/mol. The van der Waals surface area contributed by atoms with Gasteiger partial charge in [-0.15, -0.1) is 0 Å². The lowest BCUT2D eigenvalue weighted by Crippen LogP contribution is -2.51. The summed E-state index contributed by atoms with van der Waals surface area (Å²) < 4.78 is 0. The number of amides is 2. The first-order chi connectivity index (χ1) is 8.72. The van der Waals surface area contributed by atoms with E-state index in [0.717, 1.165) is 38.4 Å².